The molecule has 0 saturated carbocycles. The number of benzene rings is 2. The summed E-state index contributed by atoms with van der Waals surface area (Å²) in [5.41, 5.74) is 0.877. The first-order valence-electron chi connectivity index (χ1n) is 10.1. The number of carbonyl (C=O) groups is 1. The summed E-state index contributed by atoms with van der Waals surface area (Å²) in [7, 11) is -0.897. The van der Waals surface area contributed by atoms with Gasteiger partial charge in [-0.1, -0.05) is 0 Å². The van der Waals surface area contributed by atoms with E-state index in [0.29, 0.717) is 30.2 Å². The highest BCUT2D eigenvalue weighted by atomic mass is 32.2. The summed E-state index contributed by atoms with van der Waals surface area (Å²) in [5.74, 6) is 0.494. The third kappa shape index (κ3) is 7.60. The Morgan fingerprint density at radius 1 is 1.00 bits per heavy atom. The molecule has 0 saturated heterocycles. The molecule has 35 heavy (non-hydrogen) atoms. The Labute approximate surface area is 207 Å². The van der Waals surface area contributed by atoms with E-state index in [4.69, 9.17) is 26.4 Å². The van der Waals surface area contributed by atoms with Crippen molar-refractivity contribution in [2.45, 2.75) is 4.90 Å². The van der Waals surface area contributed by atoms with E-state index in [1.165, 1.54) is 43.8 Å². The van der Waals surface area contributed by atoms with Gasteiger partial charge in [0.2, 0.25) is 5.88 Å². The third-order valence-electron chi connectivity index (χ3n) is 4.41. The van der Waals surface area contributed by atoms with E-state index in [9.17, 15) is 13.2 Å². The molecule has 0 radical (unpaired) electrons. The molecule has 0 aliphatic carbocycles. The largest absolute Gasteiger partial charge is 0.491 e. The lowest BCUT2D eigenvalue weighted by molar-refractivity contribution is 0.0977. The SMILES string of the molecule is COCCOc1ccc(C(=O)NC(=S)Nc2ccc(S(=O)(=O)Nc3cc(OC)ncn3)cc2)cc1. The van der Waals surface area contributed by atoms with E-state index in [2.05, 4.69) is 25.3 Å². The number of methoxy groups -OCH3 is 2. The quantitative estimate of drug-likeness (QED) is 0.271. The summed E-state index contributed by atoms with van der Waals surface area (Å²) in [6.07, 6.45) is 1.18. The smallest absolute Gasteiger partial charge is 0.263 e. The Hall–Kier alpha value is -3.81. The van der Waals surface area contributed by atoms with Gasteiger partial charge >= 0.3 is 0 Å². The highest BCUT2D eigenvalue weighted by molar-refractivity contribution is 7.92. The fourth-order valence-corrected chi connectivity index (χ4v) is 3.91. The molecule has 13 heteroatoms. The number of carbonyl (C=O) groups excluding carboxylic acids is 1. The summed E-state index contributed by atoms with van der Waals surface area (Å²) in [6.45, 7) is 0.865. The molecular formula is C22H23N5O6S2. The molecule has 11 nitrogen and oxygen atoms in total. The van der Waals surface area contributed by atoms with Crippen molar-refractivity contribution in [3.05, 3.63) is 66.5 Å². The zero-order chi connectivity index (χ0) is 25.3. The molecule has 0 unspecified atom stereocenters. The number of thiocarbonyl (C=S) groups is 1. The number of hydrogen-bond donors (Lipinski definition) is 3. The fraction of sp³-hybridized carbons (Fsp3) is 0.182. The second-order valence-corrected chi connectivity index (χ2v) is 8.94. The number of sulfonamides is 1. The molecule has 1 aromatic heterocycles. The zero-order valence-electron chi connectivity index (χ0n) is 18.8. The van der Waals surface area contributed by atoms with Gasteiger partial charge in [-0.2, -0.15) is 0 Å². The molecule has 3 rings (SSSR count). The Morgan fingerprint density at radius 3 is 2.37 bits per heavy atom. The first-order chi connectivity index (χ1) is 16.8. The molecule has 0 aliphatic heterocycles. The molecule has 184 valence electrons. The molecule has 1 amide bonds. The van der Waals surface area contributed by atoms with E-state index in [-0.39, 0.29) is 21.7 Å². The lowest BCUT2D eigenvalue weighted by Crippen LogP contribution is -2.34. The summed E-state index contributed by atoms with van der Waals surface area (Å²) in [5, 5.41) is 5.46. The van der Waals surface area contributed by atoms with Crippen LogP contribution in [0.3, 0.4) is 0 Å². The second-order valence-electron chi connectivity index (χ2n) is 6.85. The van der Waals surface area contributed by atoms with Crippen molar-refractivity contribution in [1.82, 2.24) is 15.3 Å². The number of hydrogen-bond acceptors (Lipinski definition) is 9. The molecule has 0 fully saturated rings. The molecule has 1 heterocycles. The van der Waals surface area contributed by atoms with Crippen LogP contribution in [0.15, 0.2) is 65.8 Å². The van der Waals surface area contributed by atoms with Gasteiger partial charge in [0.25, 0.3) is 15.9 Å². The highest BCUT2D eigenvalue weighted by Gasteiger charge is 2.16. The predicted octanol–water partition coefficient (Wildman–Crippen LogP) is 2.44. The van der Waals surface area contributed by atoms with Crippen molar-refractivity contribution in [3.8, 4) is 11.6 Å². The summed E-state index contributed by atoms with van der Waals surface area (Å²) in [6, 6.07) is 13.7. The molecular weight excluding hydrogens is 494 g/mol. The van der Waals surface area contributed by atoms with E-state index in [1.807, 2.05) is 0 Å². The van der Waals surface area contributed by atoms with Crippen LogP contribution < -0.4 is 24.8 Å². The standard InChI is InChI=1S/C22H23N5O6S2/c1-31-11-12-33-17-7-3-15(4-8-17)21(28)26-22(34)25-16-5-9-18(10-6-16)35(29,30)27-19-13-20(32-2)24-14-23-19/h3-10,13-14H,11-12H2,1-2H3,(H,23,24,27)(H2,25,26,28,34). The van der Waals surface area contributed by atoms with Gasteiger partial charge in [-0.25, -0.2) is 18.4 Å². The lowest BCUT2D eigenvalue weighted by atomic mass is 10.2. The third-order valence-corrected chi connectivity index (χ3v) is 5.99. The van der Waals surface area contributed by atoms with Gasteiger partial charge in [-0.15, -0.1) is 0 Å². The van der Waals surface area contributed by atoms with Gasteiger partial charge < -0.3 is 19.5 Å². The van der Waals surface area contributed by atoms with Gasteiger partial charge in [0.05, 0.1) is 18.6 Å². The number of rotatable bonds is 10. The maximum atomic E-state index is 12.6. The van der Waals surface area contributed by atoms with Crippen LogP contribution in [-0.4, -0.2) is 56.8 Å². The van der Waals surface area contributed by atoms with E-state index in [0.717, 1.165) is 0 Å². The van der Waals surface area contributed by atoms with Gasteiger partial charge in [-0.05, 0) is 60.7 Å². The first kappa shape index (κ1) is 25.8. The Kier molecular flexibility index (Phi) is 8.89. The fourth-order valence-electron chi connectivity index (χ4n) is 2.70. The number of nitrogens with zero attached hydrogens (tertiary/aromatic N) is 2. The predicted molar refractivity (Wildman–Crippen MR) is 133 cm³/mol. The van der Waals surface area contributed by atoms with Gasteiger partial charge in [0, 0.05) is 24.4 Å². The minimum atomic E-state index is -3.89. The van der Waals surface area contributed by atoms with Gasteiger partial charge in [-0.3, -0.25) is 14.8 Å². The van der Waals surface area contributed by atoms with E-state index in [1.54, 1.807) is 31.4 Å². The normalized spacial score (nSPS) is 10.8. The average molecular weight is 518 g/mol. The minimum absolute atomic E-state index is 0.00314. The van der Waals surface area contributed by atoms with Crippen LogP contribution >= 0.6 is 12.2 Å². The van der Waals surface area contributed by atoms with Crippen LogP contribution in [-0.2, 0) is 14.8 Å². The van der Waals surface area contributed by atoms with Gasteiger partial charge in [0.15, 0.2) is 5.11 Å². The zero-order valence-corrected chi connectivity index (χ0v) is 20.5. The number of nitrogens with one attached hydrogen (secondary N) is 3. The van der Waals surface area contributed by atoms with Crippen molar-refractivity contribution in [2.24, 2.45) is 0 Å². The van der Waals surface area contributed by atoms with Crippen LogP contribution in [0.25, 0.3) is 0 Å². The van der Waals surface area contributed by atoms with Crippen LogP contribution in [0.1, 0.15) is 10.4 Å². The Bertz CT molecular complexity index is 1270. The monoisotopic (exact) mass is 517 g/mol. The van der Waals surface area contributed by atoms with Gasteiger partial charge in [0.1, 0.15) is 24.5 Å². The summed E-state index contributed by atoms with van der Waals surface area (Å²) in [4.78, 5) is 20.1. The van der Waals surface area contributed by atoms with Crippen molar-refractivity contribution in [3.63, 3.8) is 0 Å². The topological polar surface area (TPSA) is 141 Å². The molecule has 2 aromatic carbocycles. The van der Waals surface area contributed by atoms with E-state index >= 15 is 0 Å². The number of aromatic nitrogens is 2. The summed E-state index contributed by atoms with van der Waals surface area (Å²) < 4.78 is 42.9. The maximum absolute atomic E-state index is 12.6. The van der Waals surface area contributed by atoms with Crippen molar-refractivity contribution in [2.75, 3.05) is 37.5 Å². The van der Waals surface area contributed by atoms with Crippen LogP contribution in [0.2, 0.25) is 0 Å². The first-order valence-corrected chi connectivity index (χ1v) is 12.0. The molecule has 0 atom stereocenters. The van der Waals surface area contributed by atoms with Crippen molar-refractivity contribution >= 4 is 44.8 Å². The number of anilines is 2. The molecule has 3 N–H and O–H groups in total. The average Bonchev–Trinajstić information content (AvgIpc) is 2.84. The molecule has 0 spiro atoms. The van der Waals surface area contributed by atoms with Crippen molar-refractivity contribution in [1.29, 1.82) is 0 Å². The van der Waals surface area contributed by atoms with Crippen LogP contribution in [0.5, 0.6) is 11.6 Å². The molecule has 0 bridgehead atoms. The van der Waals surface area contributed by atoms with Crippen molar-refractivity contribution < 1.29 is 27.4 Å². The number of ether oxygens (including phenoxy) is 3. The Balaban J connectivity index is 1.56. The molecule has 3 aromatic rings. The number of amides is 1. The maximum Gasteiger partial charge on any atom is 0.263 e. The van der Waals surface area contributed by atoms with E-state index < -0.39 is 15.9 Å². The minimum Gasteiger partial charge on any atom is -0.491 e. The highest BCUT2D eigenvalue weighted by Crippen LogP contribution is 2.19. The second kappa shape index (κ2) is 12.1. The summed E-state index contributed by atoms with van der Waals surface area (Å²) >= 11 is 5.19. The van der Waals surface area contributed by atoms with Crippen LogP contribution in [0.4, 0.5) is 11.5 Å². The molecule has 0 aliphatic rings. The lowest BCUT2D eigenvalue weighted by Gasteiger charge is -2.11. The van der Waals surface area contributed by atoms with Crippen LogP contribution in [0, 0.1) is 0 Å². The Morgan fingerprint density at radius 2 is 1.71 bits per heavy atom.